The van der Waals surface area contributed by atoms with E-state index in [1.165, 1.54) is 6.33 Å². The Kier molecular flexibility index (Phi) is 5.01. The normalized spacial score (nSPS) is 17.6. The molecule has 3 rings (SSSR count). The molecule has 1 N–H and O–H groups in total. The van der Waals surface area contributed by atoms with Crippen LogP contribution in [0.1, 0.15) is 54.1 Å². The molecule has 25 heavy (non-hydrogen) atoms. The van der Waals surface area contributed by atoms with Crippen molar-refractivity contribution in [1.29, 1.82) is 0 Å². The molecule has 1 saturated heterocycles. The van der Waals surface area contributed by atoms with Crippen LogP contribution in [0.15, 0.2) is 18.5 Å². The molecule has 0 radical (unpaired) electrons. The molecule has 6 nitrogen and oxygen atoms in total. The molecule has 1 aliphatic rings. The standard InChI is InChI=1S/C18H24FN5O/c1-4-12-16(19)17(22-11-21-12)24-10-6-5-7-14(24)13-8-9-15(23(13)3)18(25)20-2/h8-9,11,14H,4-7,10H2,1-3H3,(H,20,25)/t14-/m1/s1. The van der Waals surface area contributed by atoms with Gasteiger partial charge >= 0.3 is 0 Å². The first-order valence-corrected chi connectivity index (χ1v) is 8.72. The summed E-state index contributed by atoms with van der Waals surface area (Å²) in [6.07, 6.45) is 4.92. The van der Waals surface area contributed by atoms with Crippen molar-refractivity contribution >= 4 is 11.7 Å². The van der Waals surface area contributed by atoms with Gasteiger partial charge in [-0.2, -0.15) is 0 Å². The molecule has 2 aromatic rings. The number of amides is 1. The van der Waals surface area contributed by atoms with E-state index in [2.05, 4.69) is 15.3 Å². The molecule has 0 unspecified atom stereocenters. The minimum absolute atomic E-state index is 0.00809. The second kappa shape index (κ2) is 7.21. The first-order valence-electron chi connectivity index (χ1n) is 8.72. The number of hydrogen-bond donors (Lipinski definition) is 1. The predicted octanol–water partition coefficient (Wildman–Crippen LogP) is 2.61. The van der Waals surface area contributed by atoms with Crippen molar-refractivity contribution in [3.8, 4) is 0 Å². The van der Waals surface area contributed by atoms with Crippen LogP contribution in [0.2, 0.25) is 0 Å². The topological polar surface area (TPSA) is 63.1 Å². The Labute approximate surface area is 147 Å². The van der Waals surface area contributed by atoms with Gasteiger partial charge < -0.3 is 14.8 Å². The molecule has 0 bridgehead atoms. The number of rotatable bonds is 4. The summed E-state index contributed by atoms with van der Waals surface area (Å²) in [7, 11) is 3.49. The number of carbonyl (C=O) groups is 1. The SMILES string of the molecule is CCc1ncnc(N2CCCC[C@@H]2c2ccc(C(=O)NC)n2C)c1F. The summed E-state index contributed by atoms with van der Waals surface area (Å²) in [6.45, 7) is 2.62. The Bertz CT molecular complexity index is 773. The lowest BCUT2D eigenvalue weighted by Crippen LogP contribution is -2.36. The molecule has 0 aromatic carbocycles. The lowest BCUT2D eigenvalue weighted by Gasteiger charge is -2.37. The minimum atomic E-state index is -0.336. The number of nitrogens with zero attached hydrogens (tertiary/aromatic N) is 4. The lowest BCUT2D eigenvalue weighted by atomic mass is 9.99. The van der Waals surface area contributed by atoms with E-state index in [0.29, 0.717) is 23.6 Å². The highest BCUT2D eigenvalue weighted by atomic mass is 19.1. The average molecular weight is 345 g/mol. The fourth-order valence-corrected chi connectivity index (χ4v) is 3.55. The van der Waals surface area contributed by atoms with Crippen molar-refractivity contribution in [2.24, 2.45) is 7.05 Å². The summed E-state index contributed by atoms with van der Waals surface area (Å²) < 4.78 is 16.7. The molecule has 3 heterocycles. The van der Waals surface area contributed by atoms with E-state index in [1.54, 1.807) is 7.05 Å². The highest BCUT2D eigenvalue weighted by Crippen LogP contribution is 2.36. The zero-order valence-electron chi connectivity index (χ0n) is 14.9. The largest absolute Gasteiger partial charge is 0.354 e. The molecular weight excluding hydrogens is 321 g/mol. The molecule has 2 aromatic heterocycles. The van der Waals surface area contributed by atoms with Crippen molar-refractivity contribution in [2.75, 3.05) is 18.5 Å². The predicted molar refractivity (Wildman–Crippen MR) is 94.1 cm³/mol. The number of carbonyl (C=O) groups excluding carboxylic acids is 1. The van der Waals surface area contributed by atoms with Gasteiger partial charge in [-0.3, -0.25) is 4.79 Å². The van der Waals surface area contributed by atoms with Crippen LogP contribution in [0.25, 0.3) is 0 Å². The highest BCUT2D eigenvalue weighted by Gasteiger charge is 2.30. The van der Waals surface area contributed by atoms with Gasteiger partial charge in [0, 0.05) is 26.3 Å². The number of aryl methyl sites for hydroxylation is 1. The molecule has 134 valence electrons. The van der Waals surface area contributed by atoms with Crippen LogP contribution >= 0.6 is 0 Å². The number of hydrogen-bond acceptors (Lipinski definition) is 4. The molecule has 1 atom stereocenters. The van der Waals surface area contributed by atoms with Crippen molar-refractivity contribution < 1.29 is 9.18 Å². The Morgan fingerprint density at radius 1 is 1.36 bits per heavy atom. The minimum Gasteiger partial charge on any atom is -0.354 e. The maximum absolute atomic E-state index is 14.8. The van der Waals surface area contributed by atoms with Crippen molar-refractivity contribution in [3.05, 3.63) is 41.4 Å². The molecule has 1 fully saturated rings. The molecule has 1 amide bonds. The summed E-state index contributed by atoms with van der Waals surface area (Å²) >= 11 is 0. The maximum atomic E-state index is 14.8. The summed E-state index contributed by atoms with van der Waals surface area (Å²) in [6, 6.07) is 3.76. The molecule has 0 saturated carbocycles. The summed E-state index contributed by atoms with van der Waals surface area (Å²) in [5.41, 5.74) is 2.03. The zero-order valence-corrected chi connectivity index (χ0v) is 14.9. The Hall–Kier alpha value is -2.44. The summed E-state index contributed by atoms with van der Waals surface area (Å²) in [5.74, 6) is -0.102. The van der Waals surface area contributed by atoms with E-state index in [-0.39, 0.29) is 17.8 Å². The van der Waals surface area contributed by atoms with Crippen LogP contribution in [-0.2, 0) is 13.5 Å². The third-order valence-electron chi connectivity index (χ3n) is 4.91. The number of anilines is 1. The van der Waals surface area contributed by atoms with E-state index in [1.807, 2.05) is 35.6 Å². The van der Waals surface area contributed by atoms with Gasteiger partial charge in [0.15, 0.2) is 11.6 Å². The first kappa shape index (κ1) is 17.4. The van der Waals surface area contributed by atoms with E-state index >= 15 is 0 Å². The van der Waals surface area contributed by atoms with Crippen molar-refractivity contribution in [1.82, 2.24) is 19.9 Å². The molecular formula is C18H24FN5O. The molecule has 7 heteroatoms. The monoisotopic (exact) mass is 345 g/mol. The Morgan fingerprint density at radius 2 is 2.16 bits per heavy atom. The molecule has 0 spiro atoms. The molecule has 0 aliphatic carbocycles. The average Bonchev–Trinajstić information content (AvgIpc) is 3.02. The Morgan fingerprint density at radius 3 is 2.88 bits per heavy atom. The van der Waals surface area contributed by atoms with Crippen LogP contribution in [0.5, 0.6) is 0 Å². The highest BCUT2D eigenvalue weighted by molar-refractivity contribution is 5.92. The first-order chi connectivity index (χ1) is 12.1. The summed E-state index contributed by atoms with van der Waals surface area (Å²) in [5, 5.41) is 2.65. The van der Waals surface area contributed by atoms with Crippen molar-refractivity contribution in [2.45, 2.75) is 38.6 Å². The Balaban J connectivity index is 2.00. The smallest absolute Gasteiger partial charge is 0.267 e. The van der Waals surface area contributed by atoms with Crippen LogP contribution < -0.4 is 10.2 Å². The van der Waals surface area contributed by atoms with E-state index in [4.69, 9.17) is 0 Å². The molecule has 1 aliphatic heterocycles. The van der Waals surface area contributed by atoms with Gasteiger partial charge in [-0.05, 0) is 37.8 Å². The van der Waals surface area contributed by atoms with E-state index in [0.717, 1.165) is 31.5 Å². The van der Waals surface area contributed by atoms with Gasteiger partial charge in [0.05, 0.1) is 11.7 Å². The third-order valence-corrected chi connectivity index (χ3v) is 4.91. The third kappa shape index (κ3) is 3.10. The second-order valence-corrected chi connectivity index (χ2v) is 6.30. The van der Waals surface area contributed by atoms with Gasteiger partial charge in [0.2, 0.25) is 0 Å². The van der Waals surface area contributed by atoms with Crippen LogP contribution in [0.4, 0.5) is 10.2 Å². The van der Waals surface area contributed by atoms with Gasteiger partial charge in [-0.25, -0.2) is 14.4 Å². The number of nitrogens with one attached hydrogen (secondary N) is 1. The number of halogens is 1. The quantitative estimate of drug-likeness (QED) is 0.925. The zero-order chi connectivity index (χ0) is 18.0. The van der Waals surface area contributed by atoms with Gasteiger partial charge in [0.25, 0.3) is 5.91 Å². The van der Waals surface area contributed by atoms with Crippen LogP contribution in [-0.4, -0.2) is 34.0 Å². The van der Waals surface area contributed by atoms with E-state index in [9.17, 15) is 9.18 Å². The van der Waals surface area contributed by atoms with Gasteiger partial charge in [0.1, 0.15) is 12.0 Å². The lowest BCUT2D eigenvalue weighted by molar-refractivity contribution is 0.0954. The fraction of sp³-hybridized carbons (Fsp3) is 0.500. The van der Waals surface area contributed by atoms with Gasteiger partial charge in [-0.1, -0.05) is 6.92 Å². The number of aromatic nitrogens is 3. The van der Waals surface area contributed by atoms with Crippen molar-refractivity contribution in [3.63, 3.8) is 0 Å². The van der Waals surface area contributed by atoms with Gasteiger partial charge in [-0.15, -0.1) is 0 Å². The van der Waals surface area contributed by atoms with Crippen LogP contribution in [0.3, 0.4) is 0 Å². The number of piperidine rings is 1. The summed E-state index contributed by atoms with van der Waals surface area (Å²) in [4.78, 5) is 22.3. The van der Waals surface area contributed by atoms with E-state index < -0.39 is 0 Å². The maximum Gasteiger partial charge on any atom is 0.267 e. The van der Waals surface area contributed by atoms with Crippen LogP contribution in [0, 0.1) is 5.82 Å². The second-order valence-electron chi connectivity index (χ2n) is 6.30. The fourth-order valence-electron chi connectivity index (χ4n) is 3.55.